The molecule has 0 aromatic carbocycles. The van der Waals surface area contributed by atoms with Crippen LogP contribution in [-0.4, -0.2) is 48.2 Å². The van der Waals surface area contributed by atoms with Gasteiger partial charge in [0.15, 0.2) is 0 Å². The lowest BCUT2D eigenvalue weighted by atomic mass is 10.3. The van der Waals surface area contributed by atoms with Gasteiger partial charge in [0.1, 0.15) is 4.90 Å². The summed E-state index contributed by atoms with van der Waals surface area (Å²) in [6, 6.07) is 0. The topological polar surface area (TPSA) is 75.3 Å². The number of aryl methyl sites for hydroxylation is 2. The summed E-state index contributed by atoms with van der Waals surface area (Å²) in [7, 11) is -3.49. The first-order valence-electron chi connectivity index (χ1n) is 5.99. The molecule has 2 unspecified atom stereocenters. The number of morpholine rings is 1. The number of sulfonamides is 1. The van der Waals surface area contributed by atoms with Crippen LogP contribution in [0.25, 0.3) is 0 Å². The summed E-state index contributed by atoms with van der Waals surface area (Å²) in [6.07, 6.45) is -0.174. The number of aromatic amines is 1. The third-order valence-corrected chi connectivity index (χ3v) is 5.14. The predicted octanol–water partition coefficient (Wildman–Crippen LogP) is 0.824. The molecule has 0 bridgehead atoms. The average Bonchev–Trinajstić information content (AvgIpc) is 2.57. The Hall–Kier alpha value is -0.920. The zero-order valence-corrected chi connectivity index (χ0v) is 11.9. The SMILES string of the molecule is Cc1n[nH]c(C)c1S(=O)(=O)N1CC(C)OC(C)C1. The van der Waals surface area contributed by atoms with Crippen molar-refractivity contribution in [3.8, 4) is 0 Å². The van der Waals surface area contributed by atoms with Gasteiger partial charge in [-0.1, -0.05) is 0 Å². The number of H-pyrrole nitrogens is 1. The van der Waals surface area contributed by atoms with Gasteiger partial charge in [0.05, 0.1) is 23.6 Å². The molecule has 0 aliphatic carbocycles. The largest absolute Gasteiger partial charge is 0.373 e. The van der Waals surface area contributed by atoms with E-state index in [-0.39, 0.29) is 12.2 Å². The van der Waals surface area contributed by atoms with Crippen LogP contribution in [0.3, 0.4) is 0 Å². The van der Waals surface area contributed by atoms with Crippen LogP contribution in [0.5, 0.6) is 0 Å². The highest BCUT2D eigenvalue weighted by atomic mass is 32.2. The molecule has 0 amide bonds. The van der Waals surface area contributed by atoms with Crippen LogP contribution >= 0.6 is 0 Å². The number of rotatable bonds is 2. The quantitative estimate of drug-likeness (QED) is 0.866. The Labute approximate surface area is 107 Å². The van der Waals surface area contributed by atoms with E-state index < -0.39 is 10.0 Å². The molecule has 1 aliphatic rings. The molecule has 1 fully saturated rings. The fourth-order valence-electron chi connectivity index (χ4n) is 2.38. The van der Waals surface area contributed by atoms with Crippen LogP contribution in [0.2, 0.25) is 0 Å². The summed E-state index contributed by atoms with van der Waals surface area (Å²) in [6.45, 7) is 7.96. The van der Waals surface area contributed by atoms with Crippen LogP contribution in [0, 0.1) is 13.8 Å². The Kier molecular flexibility index (Phi) is 3.48. The average molecular weight is 273 g/mol. The zero-order valence-electron chi connectivity index (χ0n) is 11.1. The number of aromatic nitrogens is 2. The van der Waals surface area contributed by atoms with Crippen LogP contribution in [-0.2, 0) is 14.8 Å². The maximum Gasteiger partial charge on any atom is 0.246 e. The van der Waals surface area contributed by atoms with Crippen molar-refractivity contribution in [2.45, 2.75) is 44.8 Å². The Bertz CT molecular complexity index is 508. The highest BCUT2D eigenvalue weighted by Gasteiger charge is 2.34. The second-order valence-corrected chi connectivity index (χ2v) is 6.72. The van der Waals surface area contributed by atoms with Gasteiger partial charge in [0.25, 0.3) is 0 Å². The number of hydrogen-bond acceptors (Lipinski definition) is 4. The van der Waals surface area contributed by atoms with Gasteiger partial charge >= 0.3 is 0 Å². The summed E-state index contributed by atoms with van der Waals surface area (Å²) < 4.78 is 32.2. The van der Waals surface area contributed by atoms with Crippen molar-refractivity contribution in [2.75, 3.05) is 13.1 Å². The molecule has 2 rings (SSSR count). The fraction of sp³-hybridized carbons (Fsp3) is 0.727. The van der Waals surface area contributed by atoms with Gasteiger partial charge in [-0.2, -0.15) is 9.40 Å². The van der Waals surface area contributed by atoms with Gasteiger partial charge in [0.2, 0.25) is 10.0 Å². The van der Waals surface area contributed by atoms with Gasteiger partial charge in [-0.15, -0.1) is 0 Å². The van der Waals surface area contributed by atoms with Crippen LogP contribution < -0.4 is 0 Å². The maximum absolute atomic E-state index is 12.6. The molecule has 6 nitrogen and oxygen atoms in total. The summed E-state index contributed by atoms with van der Waals surface area (Å²) in [5.41, 5.74) is 1.10. The molecule has 2 atom stereocenters. The molecule has 0 spiro atoms. The maximum atomic E-state index is 12.6. The zero-order chi connectivity index (χ0) is 13.5. The molecule has 1 saturated heterocycles. The molecular weight excluding hydrogens is 254 g/mol. The van der Waals surface area contributed by atoms with E-state index in [0.29, 0.717) is 29.4 Å². The van der Waals surface area contributed by atoms with Crippen LogP contribution in [0.15, 0.2) is 4.90 Å². The van der Waals surface area contributed by atoms with E-state index in [0.717, 1.165) is 0 Å². The van der Waals surface area contributed by atoms with Gasteiger partial charge in [0, 0.05) is 13.1 Å². The minimum Gasteiger partial charge on any atom is -0.373 e. The molecule has 1 aromatic rings. The minimum atomic E-state index is -3.49. The van der Waals surface area contributed by atoms with Crippen molar-refractivity contribution >= 4 is 10.0 Å². The molecule has 102 valence electrons. The third-order valence-electron chi connectivity index (χ3n) is 3.04. The first kappa shape index (κ1) is 13.5. The standard InChI is InChI=1S/C11H19N3O3S/c1-7-5-14(6-8(2)17-7)18(15,16)11-9(3)12-13-10(11)4/h7-8H,5-6H2,1-4H3,(H,12,13). The molecule has 0 saturated carbocycles. The van der Waals surface area contributed by atoms with E-state index in [1.165, 1.54) is 4.31 Å². The summed E-state index contributed by atoms with van der Waals surface area (Å²) in [4.78, 5) is 0.295. The molecule has 1 aliphatic heterocycles. The van der Waals surface area contributed by atoms with Crippen LogP contribution in [0.1, 0.15) is 25.2 Å². The number of hydrogen-bond donors (Lipinski definition) is 1. The fourth-order valence-corrected chi connectivity index (χ4v) is 4.30. The molecule has 1 N–H and O–H groups in total. The first-order valence-corrected chi connectivity index (χ1v) is 7.43. The summed E-state index contributed by atoms with van der Waals surface area (Å²) in [5, 5.41) is 6.67. The van der Waals surface area contributed by atoms with Crippen molar-refractivity contribution in [3.63, 3.8) is 0 Å². The summed E-state index contributed by atoms with van der Waals surface area (Å²) in [5.74, 6) is 0. The van der Waals surface area contributed by atoms with Crippen molar-refractivity contribution in [3.05, 3.63) is 11.4 Å². The van der Waals surface area contributed by atoms with Gasteiger partial charge in [-0.25, -0.2) is 8.42 Å². The molecule has 0 radical (unpaired) electrons. The molecule has 1 aromatic heterocycles. The lowest BCUT2D eigenvalue weighted by Crippen LogP contribution is -2.48. The lowest BCUT2D eigenvalue weighted by Gasteiger charge is -2.34. The van der Waals surface area contributed by atoms with Gasteiger partial charge in [-0.05, 0) is 27.7 Å². The molecule has 7 heteroatoms. The highest BCUT2D eigenvalue weighted by molar-refractivity contribution is 7.89. The number of nitrogens with zero attached hydrogens (tertiary/aromatic N) is 2. The Morgan fingerprint density at radius 2 is 1.83 bits per heavy atom. The molecule has 2 heterocycles. The first-order chi connectivity index (χ1) is 8.32. The molecular formula is C11H19N3O3S. The smallest absolute Gasteiger partial charge is 0.246 e. The van der Waals surface area contributed by atoms with Crippen molar-refractivity contribution in [1.29, 1.82) is 0 Å². The van der Waals surface area contributed by atoms with Crippen molar-refractivity contribution in [2.24, 2.45) is 0 Å². The number of nitrogens with one attached hydrogen (secondary N) is 1. The van der Waals surface area contributed by atoms with E-state index in [1.807, 2.05) is 13.8 Å². The van der Waals surface area contributed by atoms with E-state index in [2.05, 4.69) is 10.2 Å². The van der Waals surface area contributed by atoms with Gasteiger partial charge in [-0.3, -0.25) is 5.10 Å². The third kappa shape index (κ3) is 2.30. The predicted molar refractivity (Wildman–Crippen MR) is 66.8 cm³/mol. The van der Waals surface area contributed by atoms with E-state index in [9.17, 15) is 8.42 Å². The van der Waals surface area contributed by atoms with E-state index >= 15 is 0 Å². The van der Waals surface area contributed by atoms with Gasteiger partial charge < -0.3 is 4.74 Å². The minimum absolute atomic E-state index is 0.0870. The van der Waals surface area contributed by atoms with Crippen molar-refractivity contribution in [1.82, 2.24) is 14.5 Å². The normalized spacial score (nSPS) is 26.4. The second kappa shape index (κ2) is 4.64. The Morgan fingerprint density at radius 3 is 2.28 bits per heavy atom. The van der Waals surface area contributed by atoms with E-state index in [4.69, 9.17) is 4.74 Å². The number of ether oxygens (including phenoxy) is 1. The Morgan fingerprint density at radius 1 is 1.28 bits per heavy atom. The van der Waals surface area contributed by atoms with Crippen LogP contribution in [0.4, 0.5) is 0 Å². The van der Waals surface area contributed by atoms with E-state index in [1.54, 1.807) is 13.8 Å². The monoisotopic (exact) mass is 273 g/mol. The molecule has 18 heavy (non-hydrogen) atoms. The Balaban J connectivity index is 2.37. The highest BCUT2D eigenvalue weighted by Crippen LogP contribution is 2.24. The lowest BCUT2D eigenvalue weighted by molar-refractivity contribution is -0.0441. The van der Waals surface area contributed by atoms with Crippen molar-refractivity contribution < 1.29 is 13.2 Å². The second-order valence-electron chi connectivity index (χ2n) is 4.84. The summed E-state index contributed by atoms with van der Waals surface area (Å²) >= 11 is 0.